The number of allylic oxidation sites excluding steroid dienone is 1. The number of rotatable bonds is 5. The fourth-order valence-electron chi connectivity index (χ4n) is 1.68. The summed E-state index contributed by atoms with van der Waals surface area (Å²) in [4.78, 5) is 23.0. The summed E-state index contributed by atoms with van der Waals surface area (Å²) in [6.45, 7) is 3.42. The average Bonchev–Trinajstić information content (AvgIpc) is 2.54. The first-order chi connectivity index (χ1) is 10.2. The third-order valence-corrected chi connectivity index (χ3v) is 2.75. The van der Waals surface area contributed by atoms with Crippen LogP contribution in [0.5, 0.6) is 5.75 Å². The molecule has 0 atom stereocenters. The molecule has 0 saturated carbocycles. The van der Waals surface area contributed by atoms with Crippen molar-refractivity contribution in [3.8, 4) is 5.75 Å². The van der Waals surface area contributed by atoms with Gasteiger partial charge in [0.25, 0.3) is 0 Å². The topological polar surface area (TPSA) is 43.4 Å². The van der Waals surface area contributed by atoms with Gasteiger partial charge < -0.3 is 4.74 Å². The average molecular weight is 278 g/mol. The fourth-order valence-corrected chi connectivity index (χ4v) is 1.68. The van der Waals surface area contributed by atoms with Crippen molar-refractivity contribution in [2.24, 2.45) is 0 Å². The Morgan fingerprint density at radius 3 is 2.24 bits per heavy atom. The quantitative estimate of drug-likeness (QED) is 0.363. The van der Waals surface area contributed by atoms with Gasteiger partial charge in [-0.15, -0.1) is 0 Å². The molecule has 0 heterocycles. The number of carbonyl (C=O) groups is 2. The van der Waals surface area contributed by atoms with Crippen LogP contribution in [0.2, 0.25) is 0 Å². The number of hydrogen-bond acceptors (Lipinski definition) is 3. The lowest BCUT2D eigenvalue weighted by Gasteiger charge is -2.02. The molecule has 0 aliphatic rings. The first kappa shape index (κ1) is 14.5. The van der Waals surface area contributed by atoms with Gasteiger partial charge in [-0.1, -0.05) is 36.9 Å². The van der Waals surface area contributed by atoms with Crippen LogP contribution in [-0.4, -0.2) is 11.8 Å². The Morgan fingerprint density at radius 2 is 1.62 bits per heavy atom. The molecule has 0 radical (unpaired) electrons. The lowest BCUT2D eigenvalue weighted by molar-refractivity contribution is -0.128. The predicted molar refractivity (Wildman–Crippen MR) is 82.1 cm³/mol. The molecule has 0 aliphatic carbocycles. The second kappa shape index (κ2) is 7.01. The van der Waals surface area contributed by atoms with Gasteiger partial charge in [-0.05, 0) is 42.0 Å². The molecule has 0 fully saturated rings. The molecule has 0 bridgehead atoms. The first-order valence-electron chi connectivity index (χ1n) is 6.41. The fraction of sp³-hybridized carbons (Fsp3) is 0. The molecular formula is C18H14O3. The molecule has 0 amide bonds. The molecule has 0 aliphatic heterocycles. The zero-order valence-corrected chi connectivity index (χ0v) is 11.4. The van der Waals surface area contributed by atoms with Crippen molar-refractivity contribution in [3.63, 3.8) is 0 Å². The van der Waals surface area contributed by atoms with Gasteiger partial charge in [0, 0.05) is 11.6 Å². The Hall–Kier alpha value is -2.94. The Labute approximate surface area is 123 Å². The Bertz CT molecular complexity index is 667. The summed E-state index contributed by atoms with van der Waals surface area (Å²) in [7, 11) is 0. The van der Waals surface area contributed by atoms with Crippen LogP contribution in [-0.2, 0) is 4.79 Å². The van der Waals surface area contributed by atoms with Crippen LogP contribution >= 0.6 is 0 Å². The van der Waals surface area contributed by atoms with Crippen molar-refractivity contribution in [2.45, 2.75) is 0 Å². The summed E-state index contributed by atoms with van der Waals surface area (Å²) in [6, 6.07) is 15.8. The van der Waals surface area contributed by atoms with E-state index in [-0.39, 0.29) is 5.78 Å². The summed E-state index contributed by atoms with van der Waals surface area (Å²) in [5.41, 5.74) is 1.42. The van der Waals surface area contributed by atoms with Crippen molar-refractivity contribution in [1.29, 1.82) is 0 Å². The lowest BCUT2D eigenvalue weighted by atomic mass is 10.1. The summed E-state index contributed by atoms with van der Waals surface area (Å²) in [5.74, 6) is -0.253. The van der Waals surface area contributed by atoms with Gasteiger partial charge in [-0.3, -0.25) is 4.79 Å². The van der Waals surface area contributed by atoms with Crippen LogP contribution in [0.3, 0.4) is 0 Å². The smallest absolute Gasteiger partial charge is 0.336 e. The highest BCUT2D eigenvalue weighted by Crippen LogP contribution is 2.13. The van der Waals surface area contributed by atoms with Crippen LogP contribution < -0.4 is 4.74 Å². The minimum Gasteiger partial charge on any atom is -0.423 e. The molecule has 2 aromatic carbocycles. The van der Waals surface area contributed by atoms with Crippen LogP contribution in [0.15, 0.2) is 73.3 Å². The highest BCUT2D eigenvalue weighted by Gasteiger charge is 2.03. The number of benzene rings is 2. The lowest BCUT2D eigenvalue weighted by Crippen LogP contribution is -2.04. The van der Waals surface area contributed by atoms with Gasteiger partial charge in [-0.2, -0.15) is 0 Å². The van der Waals surface area contributed by atoms with Gasteiger partial charge in [-0.25, -0.2) is 4.79 Å². The third-order valence-electron chi connectivity index (χ3n) is 2.75. The second-order valence-corrected chi connectivity index (χ2v) is 4.26. The van der Waals surface area contributed by atoms with Crippen molar-refractivity contribution < 1.29 is 14.3 Å². The second-order valence-electron chi connectivity index (χ2n) is 4.26. The SMILES string of the molecule is C=CC(=O)c1ccc(OC(=O)/C=C/c2ccccc2)cc1. The molecular weight excluding hydrogens is 264 g/mol. The van der Waals surface area contributed by atoms with Gasteiger partial charge in [0.15, 0.2) is 5.78 Å². The van der Waals surface area contributed by atoms with E-state index in [0.717, 1.165) is 5.56 Å². The molecule has 104 valence electrons. The Morgan fingerprint density at radius 1 is 0.952 bits per heavy atom. The molecule has 0 spiro atoms. The normalized spacial score (nSPS) is 10.3. The van der Waals surface area contributed by atoms with Gasteiger partial charge in [0.1, 0.15) is 5.75 Å². The van der Waals surface area contributed by atoms with Crippen LogP contribution in [0.1, 0.15) is 15.9 Å². The number of carbonyl (C=O) groups excluding carboxylic acids is 2. The van der Waals surface area contributed by atoms with E-state index in [1.54, 1.807) is 30.3 Å². The van der Waals surface area contributed by atoms with E-state index >= 15 is 0 Å². The van der Waals surface area contributed by atoms with E-state index in [4.69, 9.17) is 4.74 Å². The molecule has 0 aromatic heterocycles. The largest absolute Gasteiger partial charge is 0.423 e. The Balaban J connectivity index is 1.98. The third kappa shape index (κ3) is 4.28. The van der Waals surface area contributed by atoms with Crippen LogP contribution in [0.25, 0.3) is 6.08 Å². The minimum absolute atomic E-state index is 0.170. The monoisotopic (exact) mass is 278 g/mol. The maximum absolute atomic E-state index is 11.7. The molecule has 21 heavy (non-hydrogen) atoms. The summed E-state index contributed by atoms with van der Waals surface area (Å²) < 4.78 is 5.14. The van der Waals surface area contributed by atoms with E-state index in [0.29, 0.717) is 11.3 Å². The van der Waals surface area contributed by atoms with Crippen molar-refractivity contribution >= 4 is 17.8 Å². The summed E-state index contributed by atoms with van der Waals surface area (Å²) in [6.07, 6.45) is 4.28. The number of ketones is 1. The standard InChI is InChI=1S/C18H14O3/c1-2-17(19)15-9-11-16(12-10-15)21-18(20)13-8-14-6-4-3-5-7-14/h2-13H,1H2/b13-8+. The van der Waals surface area contributed by atoms with Crippen molar-refractivity contribution in [3.05, 3.63) is 84.5 Å². The molecule has 2 rings (SSSR count). The maximum Gasteiger partial charge on any atom is 0.336 e. The minimum atomic E-state index is -0.471. The van der Waals surface area contributed by atoms with E-state index in [2.05, 4.69) is 6.58 Å². The molecule has 0 saturated heterocycles. The molecule has 0 unspecified atom stereocenters. The molecule has 0 N–H and O–H groups in total. The number of esters is 1. The van der Waals surface area contributed by atoms with E-state index in [9.17, 15) is 9.59 Å². The summed E-state index contributed by atoms with van der Waals surface area (Å²) >= 11 is 0. The first-order valence-corrected chi connectivity index (χ1v) is 6.41. The van der Waals surface area contributed by atoms with E-state index < -0.39 is 5.97 Å². The van der Waals surface area contributed by atoms with Gasteiger partial charge in [0.05, 0.1) is 0 Å². The van der Waals surface area contributed by atoms with Gasteiger partial charge >= 0.3 is 5.97 Å². The zero-order chi connectivity index (χ0) is 15.1. The van der Waals surface area contributed by atoms with Crippen LogP contribution in [0.4, 0.5) is 0 Å². The highest BCUT2D eigenvalue weighted by atomic mass is 16.5. The molecule has 3 heteroatoms. The number of hydrogen-bond donors (Lipinski definition) is 0. The maximum atomic E-state index is 11.7. The van der Waals surface area contributed by atoms with Crippen LogP contribution in [0, 0.1) is 0 Å². The highest BCUT2D eigenvalue weighted by molar-refractivity contribution is 6.04. The van der Waals surface area contributed by atoms with Crippen molar-refractivity contribution in [1.82, 2.24) is 0 Å². The zero-order valence-electron chi connectivity index (χ0n) is 11.4. The van der Waals surface area contributed by atoms with Crippen molar-refractivity contribution in [2.75, 3.05) is 0 Å². The number of ether oxygens (including phenoxy) is 1. The predicted octanol–water partition coefficient (Wildman–Crippen LogP) is 3.67. The van der Waals surface area contributed by atoms with E-state index in [1.807, 2.05) is 30.3 Å². The Kier molecular flexibility index (Phi) is 4.83. The molecule has 3 nitrogen and oxygen atoms in total. The molecule has 2 aromatic rings. The van der Waals surface area contributed by atoms with Gasteiger partial charge in [0.2, 0.25) is 0 Å². The van der Waals surface area contributed by atoms with E-state index in [1.165, 1.54) is 12.2 Å². The summed E-state index contributed by atoms with van der Waals surface area (Å²) in [5, 5.41) is 0.